The van der Waals surface area contributed by atoms with Gasteiger partial charge in [-0.05, 0) is 43.0 Å². The van der Waals surface area contributed by atoms with Gasteiger partial charge in [-0.3, -0.25) is 4.79 Å². The Labute approximate surface area is 154 Å². The van der Waals surface area contributed by atoms with Gasteiger partial charge in [0.05, 0.1) is 5.56 Å². The average molecular weight is 355 g/mol. The quantitative estimate of drug-likeness (QED) is 0.759. The lowest BCUT2D eigenvalue weighted by atomic mass is 10.1. The fourth-order valence-electron chi connectivity index (χ4n) is 3.35. The van der Waals surface area contributed by atoms with Gasteiger partial charge in [-0.2, -0.15) is 0 Å². The molecule has 0 radical (unpaired) electrons. The number of aromatic nitrogens is 1. The highest BCUT2D eigenvalue weighted by molar-refractivity contribution is 5.94. The fraction of sp³-hybridized carbons (Fsp3) is 0.429. The average Bonchev–Trinajstić information content (AvgIpc) is 2.92. The zero-order valence-corrected chi connectivity index (χ0v) is 15.0. The first-order valence-electron chi connectivity index (χ1n) is 9.46. The van der Waals surface area contributed by atoms with Gasteiger partial charge in [0.1, 0.15) is 11.6 Å². The summed E-state index contributed by atoms with van der Waals surface area (Å²) in [5.41, 5.74) is 1.26. The molecular formula is C21H26FN3O. The van der Waals surface area contributed by atoms with Crippen molar-refractivity contribution >= 4 is 11.7 Å². The molecule has 2 N–H and O–H groups in total. The van der Waals surface area contributed by atoms with Crippen LogP contribution in [0.4, 0.5) is 10.2 Å². The number of anilines is 1. The summed E-state index contributed by atoms with van der Waals surface area (Å²) in [5.74, 6) is 0.447. The zero-order chi connectivity index (χ0) is 18.2. The van der Waals surface area contributed by atoms with Crippen LogP contribution in [0.2, 0.25) is 0 Å². The van der Waals surface area contributed by atoms with Crippen molar-refractivity contribution in [2.45, 2.75) is 51.0 Å². The summed E-state index contributed by atoms with van der Waals surface area (Å²) in [4.78, 5) is 16.7. The van der Waals surface area contributed by atoms with Gasteiger partial charge >= 0.3 is 0 Å². The second-order valence-corrected chi connectivity index (χ2v) is 6.86. The third-order valence-corrected chi connectivity index (χ3v) is 4.87. The first kappa shape index (κ1) is 18.4. The first-order chi connectivity index (χ1) is 12.7. The molecule has 0 saturated heterocycles. The Hall–Kier alpha value is -2.43. The van der Waals surface area contributed by atoms with Crippen molar-refractivity contribution in [3.63, 3.8) is 0 Å². The molecule has 1 aliphatic carbocycles. The molecule has 5 heteroatoms. The smallest absolute Gasteiger partial charge is 0.253 e. The molecule has 0 unspecified atom stereocenters. The predicted molar refractivity (Wildman–Crippen MR) is 102 cm³/mol. The summed E-state index contributed by atoms with van der Waals surface area (Å²) < 4.78 is 13.6. The van der Waals surface area contributed by atoms with Gasteiger partial charge in [0.15, 0.2) is 0 Å². The predicted octanol–water partition coefficient (Wildman–Crippen LogP) is 4.33. The molecule has 0 atom stereocenters. The number of nitrogens with one attached hydrogen (secondary N) is 2. The Balaban J connectivity index is 1.48. The van der Waals surface area contributed by atoms with Crippen LogP contribution in [0, 0.1) is 5.82 Å². The van der Waals surface area contributed by atoms with E-state index in [0.29, 0.717) is 29.9 Å². The molecule has 138 valence electrons. The number of amides is 1. The monoisotopic (exact) mass is 355 g/mol. The van der Waals surface area contributed by atoms with E-state index in [4.69, 9.17) is 0 Å². The second kappa shape index (κ2) is 9.32. The van der Waals surface area contributed by atoms with Gasteiger partial charge in [-0.1, -0.05) is 43.9 Å². The van der Waals surface area contributed by atoms with Crippen molar-refractivity contribution in [3.8, 4) is 0 Å². The van der Waals surface area contributed by atoms with Gasteiger partial charge in [-0.25, -0.2) is 9.37 Å². The molecule has 0 spiro atoms. The van der Waals surface area contributed by atoms with Crippen LogP contribution in [0.5, 0.6) is 0 Å². The molecule has 0 bridgehead atoms. The van der Waals surface area contributed by atoms with Crippen molar-refractivity contribution in [2.24, 2.45) is 0 Å². The van der Waals surface area contributed by atoms with Crippen molar-refractivity contribution in [3.05, 3.63) is 59.5 Å². The summed E-state index contributed by atoms with van der Waals surface area (Å²) in [6, 6.07) is 10.6. The number of pyridine rings is 1. The van der Waals surface area contributed by atoms with Crippen LogP contribution in [0.25, 0.3) is 0 Å². The zero-order valence-electron chi connectivity index (χ0n) is 15.0. The summed E-state index contributed by atoms with van der Waals surface area (Å²) in [6.07, 6.45) is 9.21. The summed E-state index contributed by atoms with van der Waals surface area (Å²) in [5, 5.41) is 6.29. The third-order valence-electron chi connectivity index (χ3n) is 4.87. The van der Waals surface area contributed by atoms with E-state index in [1.807, 2.05) is 6.07 Å². The molecule has 1 aromatic heterocycles. The van der Waals surface area contributed by atoms with Gasteiger partial charge in [0.2, 0.25) is 0 Å². The van der Waals surface area contributed by atoms with Crippen molar-refractivity contribution in [1.29, 1.82) is 0 Å². The number of benzene rings is 1. The highest BCUT2D eigenvalue weighted by Gasteiger charge is 2.15. The number of rotatable bonds is 6. The number of carbonyl (C=O) groups is 1. The summed E-state index contributed by atoms with van der Waals surface area (Å²) in [6.45, 7) is 0.585. The van der Waals surface area contributed by atoms with E-state index in [2.05, 4.69) is 15.6 Å². The Morgan fingerprint density at radius 2 is 1.85 bits per heavy atom. The Kier molecular flexibility index (Phi) is 6.58. The van der Waals surface area contributed by atoms with E-state index in [9.17, 15) is 9.18 Å². The topological polar surface area (TPSA) is 54.0 Å². The second-order valence-electron chi connectivity index (χ2n) is 6.86. The van der Waals surface area contributed by atoms with E-state index in [-0.39, 0.29) is 17.8 Å². The molecule has 1 amide bonds. The minimum atomic E-state index is -0.187. The van der Waals surface area contributed by atoms with Crippen molar-refractivity contribution in [1.82, 2.24) is 10.3 Å². The van der Waals surface area contributed by atoms with Crippen LogP contribution in [0.15, 0.2) is 42.6 Å². The van der Waals surface area contributed by atoms with Gasteiger partial charge in [0.25, 0.3) is 5.91 Å². The van der Waals surface area contributed by atoms with Gasteiger partial charge < -0.3 is 10.6 Å². The van der Waals surface area contributed by atoms with E-state index in [1.54, 1.807) is 30.5 Å². The standard InChI is InChI=1S/C21H26FN3O/c22-19-10-6-5-7-16(19)13-14-23-20-12-11-17(15-24-20)21(26)25-18-8-3-1-2-4-9-18/h5-7,10-12,15,18H,1-4,8-9,13-14H2,(H,23,24)(H,25,26). The molecule has 1 aromatic carbocycles. The van der Waals surface area contributed by atoms with Gasteiger partial charge in [-0.15, -0.1) is 0 Å². The van der Waals surface area contributed by atoms with E-state index in [1.165, 1.54) is 31.7 Å². The lowest BCUT2D eigenvalue weighted by molar-refractivity contribution is 0.0933. The molecule has 2 aromatic rings. The van der Waals surface area contributed by atoms with Crippen LogP contribution in [0.1, 0.15) is 54.4 Å². The molecule has 1 heterocycles. The van der Waals surface area contributed by atoms with E-state index < -0.39 is 0 Å². The van der Waals surface area contributed by atoms with Crippen molar-refractivity contribution in [2.75, 3.05) is 11.9 Å². The van der Waals surface area contributed by atoms with Crippen LogP contribution >= 0.6 is 0 Å². The minimum Gasteiger partial charge on any atom is -0.370 e. The lowest BCUT2D eigenvalue weighted by Crippen LogP contribution is -2.34. The summed E-state index contributed by atoms with van der Waals surface area (Å²) >= 11 is 0. The normalized spacial score (nSPS) is 15.3. The van der Waals surface area contributed by atoms with Gasteiger partial charge in [0, 0.05) is 18.8 Å². The van der Waals surface area contributed by atoms with Crippen LogP contribution < -0.4 is 10.6 Å². The lowest BCUT2D eigenvalue weighted by Gasteiger charge is -2.16. The first-order valence-corrected chi connectivity index (χ1v) is 9.46. The largest absolute Gasteiger partial charge is 0.370 e. The van der Waals surface area contributed by atoms with Crippen LogP contribution in [-0.4, -0.2) is 23.5 Å². The molecule has 4 nitrogen and oxygen atoms in total. The fourth-order valence-corrected chi connectivity index (χ4v) is 3.35. The Morgan fingerprint density at radius 3 is 2.54 bits per heavy atom. The number of halogens is 1. The molecule has 1 saturated carbocycles. The molecule has 3 rings (SSSR count). The maximum Gasteiger partial charge on any atom is 0.253 e. The maximum absolute atomic E-state index is 13.6. The highest BCUT2D eigenvalue weighted by Crippen LogP contribution is 2.17. The molecule has 1 fully saturated rings. The third kappa shape index (κ3) is 5.28. The van der Waals surface area contributed by atoms with Crippen molar-refractivity contribution < 1.29 is 9.18 Å². The molecular weight excluding hydrogens is 329 g/mol. The molecule has 26 heavy (non-hydrogen) atoms. The number of nitrogens with zero attached hydrogens (tertiary/aromatic N) is 1. The Morgan fingerprint density at radius 1 is 1.08 bits per heavy atom. The number of hydrogen-bond acceptors (Lipinski definition) is 3. The maximum atomic E-state index is 13.6. The van der Waals surface area contributed by atoms with Crippen LogP contribution in [-0.2, 0) is 6.42 Å². The van der Waals surface area contributed by atoms with E-state index >= 15 is 0 Å². The Bertz CT molecular complexity index is 709. The molecule has 1 aliphatic rings. The minimum absolute atomic E-state index is 0.0534. The number of hydrogen-bond donors (Lipinski definition) is 2. The molecule has 0 aliphatic heterocycles. The summed E-state index contributed by atoms with van der Waals surface area (Å²) in [7, 11) is 0. The van der Waals surface area contributed by atoms with E-state index in [0.717, 1.165) is 12.8 Å². The number of carbonyl (C=O) groups excluding carboxylic acids is 1. The van der Waals surface area contributed by atoms with Crippen LogP contribution in [0.3, 0.4) is 0 Å². The highest BCUT2D eigenvalue weighted by atomic mass is 19.1. The SMILES string of the molecule is O=C(NC1CCCCCC1)c1ccc(NCCc2ccccc2F)nc1.